The molecular weight excluding hydrogens is 369 g/mol. The lowest BCUT2D eigenvalue weighted by Crippen LogP contribution is -2.13. The largest absolute Gasteiger partial charge is 0.476 e. The Hall–Kier alpha value is -3.44. The van der Waals surface area contributed by atoms with Crippen molar-refractivity contribution < 1.29 is 27.8 Å². The molecule has 3 heterocycles. The minimum Gasteiger partial charge on any atom is -0.476 e. The Balaban J connectivity index is 1.92. The van der Waals surface area contributed by atoms with Crippen LogP contribution in [0.4, 0.5) is 13.2 Å². The summed E-state index contributed by atoms with van der Waals surface area (Å²) in [5.74, 6) is -1.24. The molecule has 3 aromatic rings. The van der Waals surface area contributed by atoms with Gasteiger partial charge in [-0.05, 0) is 19.1 Å². The van der Waals surface area contributed by atoms with Crippen LogP contribution in [0.5, 0.6) is 6.01 Å². The predicted molar refractivity (Wildman–Crippen MR) is 83.8 cm³/mol. The van der Waals surface area contributed by atoms with Crippen LogP contribution in [0.3, 0.4) is 0 Å². The number of rotatable bonds is 5. The summed E-state index contributed by atoms with van der Waals surface area (Å²) in [6.07, 6.45) is -1.99. The molecule has 0 fully saturated rings. The summed E-state index contributed by atoms with van der Waals surface area (Å²) in [6.45, 7) is 1.33. The maximum absolute atomic E-state index is 13.2. The molecule has 3 aromatic heterocycles. The first-order valence-corrected chi connectivity index (χ1v) is 7.50. The molecule has 0 bridgehead atoms. The molecule has 0 saturated carbocycles. The van der Waals surface area contributed by atoms with Gasteiger partial charge < -0.3 is 9.84 Å². The van der Waals surface area contributed by atoms with Crippen LogP contribution >= 0.6 is 0 Å². The molecule has 0 aliphatic rings. The van der Waals surface area contributed by atoms with Crippen molar-refractivity contribution in [2.24, 2.45) is 7.05 Å². The van der Waals surface area contributed by atoms with Gasteiger partial charge in [0.2, 0.25) is 0 Å². The molecule has 0 unspecified atom stereocenters. The molecule has 0 aliphatic heterocycles. The summed E-state index contributed by atoms with van der Waals surface area (Å²) in [5.41, 5.74) is -0.370. The SMILES string of the molecule is Cc1c(-c2cc(C(F)(F)F)nc(OCn3ccc(C(=O)O)n3)n2)cnn1C. The van der Waals surface area contributed by atoms with Gasteiger partial charge in [0.05, 0.1) is 11.9 Å². The molecule has 0 aliphatic carbocycles. The van der Waals surface area contributed by atoms with Crippen molar-refractivity contribution in [1.82, 2.24) is 29.5 Å². The van der Waals surface area contributed by atoms with Crippen LogP contribution in [0.15, 0.2) is 24.5 Å². The minimum atomic E-state index is -4.70. The van der Waals surface area contributed by atoms with E-state index in [1.165, 1.54) is 23.1 Å². The number of halogens is 3. The number of carboxylic acid groups (broad SMARTS) is 1. The lowest BCUT2D eigenvalue weighted by molar-refractivity contribution is -0.141. The second kappa shape index (κ2) is 6.70. The summed E-state index contributed by atoms with van der Waals surface area (Å²) in [4.78, 5) is 18.2. The number of carbonyl (C=O) groups is 1. The van der Waals surface area contributed by atoms with Gasteiger partial charge in [-0.1, -0.05) is 0 Å². The highest BCUT2D eigenvalue weighted by molar-refractivity contribution is 5.85. The number of hydrogen-bond acceptors (Lipinski definition) is 6. The van der Waals surface area contributed by atoms with Crippen LogP contribution in [0.1, 0.15) is 21.9 Å². The quantitative estimate of drug-likeness (QED) is 0.720. The van der Waals surface area contributed by atoms with Gasteiger partial charge in [0.1, 0.15) is 0 Å². The zero-order valence-corrected chi connectivity index (χ0v) is 14.1. The van der Waals surface area contributed by atoms with E-state index in [0.29, 0.717) is 11.3 Å². The zero-order chi connectivity index (χ0) is 19.8. The van der Waals surface area contributed by atoms with E-state index in [0.717, 1.165) is 10.7 Å². The Morgan fingerprint density at radius 3 is 2.63 bits per heavy atom. The molecule has 0 radical (unpaired) electrons. The average Bonchev–Trinajstić information content (AvgIpc) is 3.20. The Bertz CT molecular complexity index is 995. The van der Waals surface area contributed by atoms with Gasteiger partial charge in [-0.25, -0.2) is 9.48 Å². The Labute approximate surface area is 150 Å². The van der Waals surface area contributed by atoms with Gasteiger partial charge >= 0.3 is 18.2 Å². The van der Waals surface area contributed by atoms with E-state index in [-0.39, 0.29) is 18.1 Å². The first-order valence-electron chi connectivity index (χ1n) is 7.50. The van der Waals surface area contributed by atoms with Gasteiger partial charge in [-0.15, -0.1) is 0 Å². The first kappa shape index (κ1) is 18.4. The lowest BCUT2D eigenvalue weighted by atomic mass is 10.1. The normalized spacial score (nSPS) is 11.6. The molecule has 27 heavy (non-hydrogen) atoms. The molecule has 3 rings (SSSR count). The Kier molecular flexibility index (Phi) is 4.56. The van der Waals surface area contributed by atoms with Gasteiger partial charge in [-0.2, -0.15) is 33.3 Å². The van der Waals surface area contributed by atoms with E-state index in [1.807, 2.05) is 0 Å². The summed E-state index contributed by atoms with van der Waals surface area (Å²) in [6, 6.07) is 1.52. The van der Waals surface area contributed by atoms with Crippen LogP contribution in [0, 0.1) is 6.92 Å². The standard InChI is InChI=1S/C15H13F3N6O3/c1-8-9(6-19-23(8)2)11-5-12(15(16,17)18)21-14(20-11)27-7-24-4-3-10(22-24)13(25)26/h3-6H,7H2,1-2H3,(H,25,26). The molecule has 142 valence electrons. The third kappa shape index (κ3) is 3.88. The summed E-state index contributed by atoms with van der Waals surface area (Å²) in [5, 5.41) is 16.5. The van der Waals surface area contributed by atoms with E-state index in [2.05, 4.69) is 20.2 Å². The number of carboxylic acids is 1. The number of aryl methyl sites for hydroxylation is 1. The molecule has 0 aromatic carbocycles. The third-order valence-electron chi connectivity index (χ3n) is 3.69. The Morgan fingerprint density at radius 1 is 1.33 bits per heavy atom. The van der Waals surface area contributed by atoms with Gasteiger partial charge in [0.15, 0.2) is 18.1 Å². The van der Waals surface area contributed by atoms with E-state index in [9.17, 15) is 18.0 Å². The minimum absolute atomic E-state index is 0.00427. The average molecular weight is 382 g/mol. The van der Waals surface area contributed by atoms with Crippen molar-refractivity contribution in [3.05, 3.63) is 41.6 Å². The molecule has 12 heteroatoms. The van der Waals surface area contributed by atoms with Crippen LogP contribution in [0.2, 0.25) is 0 Å². The highest BCUT2D eigenvalue weighted by Gasteiger charge is 2.34. The fraction of sp³-hybridized carbons (Fsp3) is 0.267. The van der Waals surface area contributed by atoms with Gasteiger partial charge in [-0.3, -0.25) is 4.68 Å². The lowest BCUT2D eigenvalue weighted by Gasteiger charge is -2.11. The summed E-state index contributed by atoms with van der Waals surface area (Å²) < 4.78 is 47.3. The van der Waals surface area contributed by atoms with Crippen LogP contribution in [-0.4, -0.2) is 40.6 Å². The van der Waals surface area contributed by atoms with Crippen molar-refractivity contribution in [2.75, 3.05) is 0 Å². The molecule has 1 N–H and O–H groups in total. The van der Waals surface area contributed by atoms with Crippen molar-refractivity contribution in [3.63, 3.8) is 0 Å². The second-order valence-corrected chi connectivity index (χ2v) is 5.51. The van der Waals surface area contributed by atoms with E-state index in [1.54, 1.807) is 14.0 Å². The first-order chi connectivity index (χ1) is 12.6. The fourth-order valence-corrected chi connectivity index (χ4v) is 2.19. The molecule has 0 amide bonds. The summed E-state index contributed by atoms with van der Waals surface area (Å²) >= 11 is 0. The maximum atomic E-state index is 13.2. The highest BCUT2D eigenvalue weighted by Crippen LogP contribution is 2.32. The number of aromatic nitrogens is 6. The second-order valence-electron chi connectivity index (χ2n) is 5.51. The highest BCUT2D eigenvalue weighted by atomic mass is 19.4. The number of aromatic carboxylic acids is 1. The van der Waals surface area contributed by atoms with Gasteiger partial charge in [0.25, 0.3) is 0 Å². The van der Waals surface area contributed by atoms with Gasteiger partial charge in [0, 0.05) is 24.5 Å². The van der Waals surface area contributed by atoms with E-state index >= 15 is 0 Å². The number of ether oxygens (including phenoxy) is 1. The molecule has 0 saturated heterocycles. The van der Waals surface area contributed by atoms with Crippen LogP contribution in [-0.2, 0) is 20.0 Å². The van der Waals surface area contributed by atoms with Crippen LogP contribution in [0.25, 0.3) is 11.3 Å². The topological polar surface area (TPSA) is 108 Å². The fourth-order valence-electron chi connectivity index (χ4n) is 2.19. The molecule has 0 spiro atoms. The van der Waals surface area contributed by atoms with Crippen molar-refractivity contribution in [3.8, 4) is 17.3 Å². The third-order valence-corrected chi connectivity index (χ3v) is 3.69. The van der Waals surface area contributed by atoms with Crippen molar-refractivity contribution in [1.29, 1.82) is 0 Å². The molecule has 0 atom stereocenters. The molecular formula is C15H13F3N6O3. The maximum Gasteiger partial charge on any atom is 0.433 e. The smallest absolute Gasteiger partial charge is 0.433 e. The van der Waals surface area contributed by atoms with Crippen molar-refractivity contribution in [2.45, 2.75) is 19.8 Å². The molecule has 9 nitrogen and oxygen atoms in total. The van der Waals surface area contributed by atoms with E-state index < -0.39 is 23.8 Å². The predicted octanol–water partition coefficient (Wildman–Crippen LogP) is 2.14. The Morgan fingerprint density at radius 2 is 2.07 bits per heavy atom. The monoisotopic (exact) mass is 382 g/mol. The zero-order valence-electron chi connectivity index (χ0n) is 14.1. The van der Waals surface area contributed by atoms with Crippen LogP contribution < -0.4 is 4.74 Å². The van der Waals surface area contributed by atoms with E-state index in [4.69, 9.17) is 9.84 Å². The van der Waals surface area contributed by atoms with Crippen molar-refractivity contribution >= 4 is 5.97 Å². The number of alkyl halides is 3. The summed E-state index contributed by atoms with van der Waals surface area (Å²) in [7, 11) is 1.65. The number of nitrogens with zero attached hydrogens (tertiary/aromatic N) is 6. The number of hydrogen-bond donors (Lipinski definition) is 1.